The molecular weight excluding hydrogens is 238 g/mol. The van der Waals surface area contributed by atoms with E-state index in [1.165, 1.54) is 5.56 Å². The van der Waals surface area contributed by atoms with Gasteiger partial charge in [0.15, 0.2) is 4.98 Å². The molecule has 0 saturated carbocycles. The lowest BCUT2D eigenvalue weighted by atomic mass is 10.1. The third kappa shape index (κ3) is 2.87. The zero-order valence-electron chi connectivity index (χ0n) is 10.1. The lowest BCUT2D eigenvalue weighted by Gasteiger charge is -2.27. The SMILES string of the molecule is Cc1cc([N+]#N)c(N2CCOCC2)cc1C.[Cl-]. The molecule has 17 heavy (non-hydrogen) atoms. The summed E-state index contributed by atoms with van der Waals surface area (Å²) in [6.07, 6.45) is 0. The van der Waals surface area contributed by atoms with Crippen molar-refractivity contribution in [3.63, 3.8) is 0 Å². The molecule has 1 aromatic carbocycles. The smallest absolute Gasteiger partial charge is 0.408 e. The summed E-state index contributed by atoms with van der Waals surface area (Å²) in [4.78, 5) is 5.56. The first-order valence-corrected chi connectivity index (χ1v) is 5.51. The Balaban J connectivity index is 0.00000144. The van der Waals surface area contributed by atoms with Crippen molar-refractivity contribution in [1.82, 2.24) is 0 Å². The third-order valence-corrected chi connectivity index (χ3v) is 3.05. The number of diazo groups is 1. The highest BCUT2D eigenvalue weighted by molar-refractivity contribution is 5.72. The van der Waals surface area contributed by atoms with E-state index in [9.17, 15) is 0 Å². The summed E-state index contributed by atoms with van der Waals surface area (Å²) in [5.74, 6) is 0. The first kappa shape index (κ1) is 13.8. The molecule has 0 N–H and O–H groups in total. The van der Waals surface area contributed by atoms with E-state index in [1.54, 1.807) is 0 Å². The van der Waals surface area contributed by atoms with Gasteiger partial charge in [0.1, 0.15) is 5.69 Å². The summed E-state index contributed by atoms with van der Waals surface area (Å²) in [6, 6.07) is 4.00. The summed E-state index contributed by atoms with van der Waals surface area (Å²) in [6.45, 7) is 7.26. The Labute approximate surface area is 108 Å². The molecule has 0 unspecified atom stereocenters. The highest BCUT2D eigenvalue weighted by Crippen LogP contribution is 2.32. The van der Waals surface area contributed by atoms with Crippen molar-refractivity contribution in [2.24, 2.45) is 0 Å². The van der Waals surface area contributed by atoms with E-state index in [1.807, 2.05) is 13.0 Å². The molecule has 1 heterocycles. The van der Waals surface area contributed by atoms with Crippen LogP contribution in [0.2, 0.25) is 0 Å². The molecule has 0 aromatic heterocycles. The molecule has 92 valence electrons. The van der Waals surface area contributed by atoms with Gasteiger partial charge in [-0.2, -0.15) is 0 Å². The van der Waals surface area contributed by atoms with Gasteiger partial charge < -0.3 is 22.0 Å². The van der Waals surface area contributed by atoms with Gasteiger partial charge >= 0.3 is 5.69 Å². The van der Waals surface area contributed by atoms with Crippen LogP contribution in [0.15, 0.2) is 12.1 Å². The van der Waals surface area contributed by atoms with Gasteiger partial charge in [-0.1, -0.05) is 0 Å². The van der Waals surface area contributed by atoms with E-state index < -0.39 is 0 Å². The fourth-order valence-electron chi connectivity index (χ4n) is 1.92. The van der Waals surface area contributed by atoms with Crippen LogP contribution >= 0.6 is 0 Å². The lowest BCUT2D eigenvalue weighted by Crippen LogP contribution is -3.00. The van der Waals surface area contributed by atoms with Crippen LogP contribution < -0.4 is 17.3 Å². The maximum atomic E-state index is 9.03. The molecule has 1 saturated heterocycles. The van der Waals surface area contributed by atoms with Gasteiger partial charge in [-0.05, 0) is 31.0 Å². The Kier molecular flexibility index (Phi) is 4.73. The van der Waals surface area contributed by atoms with Gasteiger partial charge in [-0.3, -0.25) is 0 Å². The second-order valence-corrected chi connectivity index (χ2v) is 4.12. The molecule has 0 bridgehead atoms. The molecule has 1 aromatic rings. The summed E-state index contributed by atoms with van der Waals surface area (Å²) < 4.78 is 5.31. The highest BCUT2D eigenvalue weighted by atomic mass is 35.5. The van der Waals surface area contributed by atoms with Crippen molar-refractivity contribution in [1.29, 1.82) is 5.39 Å². The number of halogens is 1. The van der Waals surface area contributed by atoms with Crippen LogP contribution in [0.25, 0.3) is 4.98 Å². The molecular formula is C12H16ClN3O. The molecule has 0 amide bonds. The Bertz CT molecular complexity index is 436. The van der Waals surface area contributed by atoms with Gasteiger partial charge in [-0.25, -0.2) is 0 Å². The monoisotopic (exact) mass is 253 g/mol. The summed E-state index contributed by atoms with van der Waals surface area (Å²) in [7, 11) is 0. The summed E-state index contributed by atoms with van der Waals surface area (Å²) >= 11 is 0. The van der Waals surface area contributed by atoms with Crippen molar-refractivity contribution < 1.29 is 17.1 Å². The number of morpholine rings is 1. The van der Waals surface area contributed by atoms with E-state index in [0.29, 0.717) is 5.69 Å². The lowest BCUT2D eigenvalue weighted by molar-refractivity contribution is -0.00000438. The van der Waals surface area contributed by atoms with Crippen LogP contribution in [0.3, 0.4) is 0 Å². The molecule has 1 aliphatic rings. The number of rotatable bonds is 1. The minimum absolute atomic E-state index is 0. The van der Waals surface area contributed by atoms with E-state index >= 15 is 0 Å². The normalized spacial score (nSPS) is 15.0. The minimum Gasteiger partial charge on any atom is -1.00 e. The van der Waals surface area contributed by atoms with E-state index in [0.717, 1.165) is 37.6 Å². The van der Waals surface area contributed by atoms with Gasteiger partial charge in [0.25, 0.3) is 0 Å². The van der Waals surface area contributed by atoms with Crippen LogP contribution in [-0.2, 0) is 4.74 Å². The van der Waals surface area contributed by atoms with Crippen LogP contribution in [0.1, 0.15) is 11.1 Å². The van der Waals surface area contributed by atoms with Crippen molar-refractivity contribution in [3.05, 3.63) is 28.2 Å². The molecule has 0 radical (unpaired) electrons. The number of benzene rings is 1. The molecule has 5 heteroatoms. The maximum Gasteiger partial charge on any atom is 0.408 e. The molecule has 4 nitrogen and oxygen atoms in total. The topological polar surface area (TPSA) is 40.6 Å². The van der Waals surface area contributed by atoms with Crippen molar-refractivity contribution in [2.75, 3.05) is 31.2 Å². The molecule has 0 atom stereocenters. The average molecular weight is 254 g/mol. The zero-order valence-corrected chi connectivity index (χ0v) is 10.9. The Morgan fingerprint density at radius 1 is 1.18 bits per heavy atom. The van der Waals surface area contributed by atoms with Gasteiger partial charge in [-0.15, -0.1) is 0 Å². The van der Waals surface area contributed by atoms with E-state index in [2.05, 4.69) is 22.9 Å². The fourth-order valence-corrected chi connectivity index (χ4v) is 1.92. The molecule has 1 aliphatic heterocycles. The Morgan fingerprint density at radius 2 is 1.76 bits per heavy atom. The first-order valence-electron chi connectivity index (χ1n) is 5.51. The van der Waals surface area contributed by atoms with Gasteiger partial charge in [0.05, 0.1) is 13.2 Å². The van der Waals surface area contributed by atoms with Crippen molar-refractivity contribution in [3.8, 4) is 0 Å². The Hall–Kier alpha value is -1.31. The second kappa shape index (κ2) is 5.85. The highest BCUT2D eigenvalue weighted by Gasteiger charge is 2.22. The minimum atomic E-state index is 0. The first-order chi connectivity index (χ1) is 7.72. The quantitative estimate of drug-likeness (QED) is 0.642. The maximum absolute atomic E-state index is 9.03. The molecule has 0 aliphatic carbocycles. The number of anilines is 1. The number of hydrogen-bond acceptors (Lipinski definition) is 3. The van der Waals surface area contributed by atoms with Crippen molar-refractivity contribution in [2.45, 2.75) is 13.8 Å². The average Bonchev–Trinajstić information content (AvgIpc) is 2.33. The standard InChI is InChI=1S/C12H16N3O.ClH/c1-9-7-11(14-13)12(8-10(9)2)15-3-5-16-6-4-15;/h7-8H,3-6H2,1-2H3;1H/q+1;/p-1. The van der Waals surface area contributed by atoms with Crippen LogP contribution in [0.4, 0.5) is 11.4 Å². The summed E-state index contributed by atoms with van der Waals surface area (Å²) in [5.41, 5.74) is 4.00. The van der Waals surface area contributed by atoms with Crippen molar-refractivity contribution >= 4 is 11.4 Å². The molecule has 2 rings (SSSR count). The number of nitrogens with zero attached hydrogens (tertiary/aromatic N) is 3. The van der Waals surface area contributed by atoms with Crippen LogP contribution in [0.5, 0.6) is 0 Å². The molecule has 0 spiro atoms. The largest absolute Gasteiger partial charge is 1.00 e. The van der Waals surface area contributed by atoms with Crippen LogP contribution in [-0.4, -0.2) is 26.3 Å². The Morgan fingerprint density at radius 3 is 2.35 bits per heavy atom. The van der Waals surface area contributed by atoms with E-state index in [4.69, 9.17) is 10.1 Å². The number of hydrogen-bond donors (Lipinski definition) is 0. The predicted molar refractivity (Wildman–Crippen MR) is 63.7 cm³/mol. The predicted octanol–water partition coefficient (Wildman–Crippen LogP) is -0.371. The number of aryl methyl sites for hydroxylation is 2. The van der Waals surface area contributed by atoms with E-state index in [-0.39, 0.29) is 12.4 Å². The second-order valence-electron chi connectivity index (χ2n) is 4.12. The summed E-state index contributed by atoms with van der Waals surface area (Å²) in [5, 5.41) is 9.03. The van der Waals surface area contributed by atoms with Gasteiger partial charge in [0.2, 0.25) is 5.39 Å². The third-order valence-electron chi connectivity index (χ3n) is 3.05. The molecule has 1 fully saturated rings. The number of ether oxygens (including phenoxy) is 1. The van der Waals surface area contributed by atoms with Gasteiger partial charge in [0, 0.05) is 19.2 Å². The zero-order chi connectivity index (χ0) is 11.5. The van der Waals surface area contributed by atoms with Crippen LogP contribution in [0, 0.1) is 19.2 Å². The fraction of sp³-hybridized carbons (Fsp3) is 0.500.